The zero-order valence-electron chi connectivity index (χ0n) is 18.8. The summed E-state index contributed by atoms with van der Waals surface area (Å²) in [6.07, 6.45) is 3.18. The second-order valence-electron chi connectivity index (χ2n) is 8.69. The summed E-state index contributed by atoms with van der Waals surface area (Å²) in [5.74, 6) is 3.20. The summed E-state index contributed by atoms with van der Waals surface area (Å²) in [5, 5.41) is 3.56. The Morgan fingerprint density at radius 3 is 2.89 bits per heavy atom. The van der Waals surface area contributed by atoms with Crippen molar-refractivity contribution in [2.24, 2.45) is 0 Å². The van der Waals surface area contributed by atoms with Gasteiger partial charge in [-0.3, -0.25) is 4.57 Å². The first-order valence-electron chi connectivity index (χ1n) is 11.4. The quantitative estimate of drug-likeness (QED) is 0.348. The van der Waals surface area contributed by atoms with E-state index in [-0.39, 0.29) is 11.9 Å². The van der Waals surface area contributed by atoms with Crippen molar-refractivity contribution >= 4 is 16.7 Å². The molecule has 0 saturated carbocycles. The molecule has 4 heterocycles. The van der Waals surface area contributed by atoms with E-state index in [1.807, 2.05) is 60.0 Å². The molecular formula is C28H20FN3O3. The Kier molecular flexibility index (Phi) is 4.39. The van der Waals surface area contributed by atoms with Crippen molar-refractivity contribution in [1.82, 2.24) is 9.55 Å². The summed E-state index contributed by atoms with van der Waals surface area (Å²) in [6.45, 7) is 2.82. The Bertz CT molecular complexity index is 1600. The third kappa shape index (κ3) is 3.26. The number of furan rings is 1. The van der Waals surface area contributed by atoms with E-state index in [2.05, 4.69) is 11.7 Å². The van der Waals surface area contributed by atoms with Gasteiger partial charge in [0.05, 0.1) is 29.2 Å². The summed E-state index contributed by atoms with van der Waals surface area (Å²) >= 11 is 0. The first-order chi connectivity index (χ1) is 17.1. The molecule has 0 amide bonds. The highest BCUT2D eigenvalue weighted by molar-refractivity contribution is 5.83. The maximum absolute atomic E-state index is 14.3. The third-order valence-electron chi connectivity index (χ3n) is 6.43. The number of ether oxygens (including phenoxy) is 2. The van der Waals surface area contributed by atoms with Gasteiger partial charge < -0.3 is 19.2 Å². The molecule has 1 N–H and O–H groups in total. The summed E-state index contributed by atoms with van der Waals surface area (Å²) in [5.41, 5.74) is 5.05. The van der Waals surface area contributed by atoms with E-state index in [9.17, 15) is 4.39 Å². The van der Waals surface area contributed by atoms with Crippen LogP contribution in [0.25, 0.3) is 28.3 Å². The lowest BCUT2D eigenvalue weighted by Gasteiger charge is -2.15. The second-order valence-corrected chi connectivity index (χ2v) is 8.69. The van der Waals surface area contributed by atoms with E-state index in [4.69, 9.17) is 18.9 Å². The van der Waals surface area contributed by atoms with Crippen molar-refractivity contribution in [3.63, 3.8) is 0 Å². The number of benzene rings is 3. The molecule has 0 unspecified atom stereocenters. The highest BCUT2D eigenvalue weighted by Crippen LogP contribution is 2.42. The minimum atomic E-state index is -0.331. The first-order valence-corrected chi connectivity index (χ1v) is 11.4. The van der Waals surface area contributed by atoms with E-state index < -0.39 is 0 Å². The van der Waals surface area contributed by atoms with Crippen LogP contribution >= 0.6 is 0 Å². The smallest absolute Gasteiger partial charge is 0.182 e. The van der Waals surface area contributed by atoms with Gasteiger partial charge >= 0.3 is 0 Å². The number of aryl methyl sites for hydroxylation is 1. The monoisotopic (exact) mass is 465 g/mol. The number of hydrogen-bond acceptors (Lipinski definition) is 5. The predicted molar refractivity (Wildman–Crippen MR) is 130 cm³/mol. The van der Waals surface area contributed by atoms with Gasteiger partial charge in [0.15, 0.2) is 11.6 Å². The van der Waals surface area contributed by atoms with Gasteiger partial charge in [-0.25, -0.2) is 9.37 Å². The van der Waals surface area contributed by atoms with Crippen LogP contribution in [0.5, 0.6) is 11.5 Å². The Morgan fingerprint density at radius 2 is 2.00 bits per heavy atom. The molecule has 0 saturated heterocycles. The van der Waals surface area contributed by atoms with Crippen LogP contribution in [0.2, 0.25) is 0 Å². The van der Waals surface area contributed by atoms with Gasteiger partial charge in [-0.05, 0) is 43.3 Å². The summed E-state index contributed by atoms with van der Waals surface area (Å²) in [6, 6.07) is 20.3. The lowest BCUT2D eigenvalue weighted by atomic mass is 10.1. The number of nitrogens with one attached hydrogen (secondary N) is 1. The number of fused-ring (bicyclic) bond motifs is 3. The van der Waals surface area contributed by atoms with Gasteiger partial charge in [0, 0.05) is 28.9 Å². The van der Waals surface area contributed by atoms with E-state index in [0.29, 0.717) is 35.8 Å². The summed E-state index contributed by atoms with van der Waals surface area (Å²) in [4.78, 5) is 4.77. The SMILES string of the molecule is Cc1ccc(-c2nc3ccc(F)cc3n2-c2cccc3c2OC[C@H]3Nc2ccc3c(c2)OC[C]3)o1. The van der Waals surface area contributed by atoms with Crippen LogP contribution in [0, 0.1) is 19.2 Å². The lowest BCUT2D eigenvalue weighted by Crippen LogP contribution is -2.11. The normalized spacial score (nSPS) is 16.1. The van der Waals surface area contributed by atoms with Crippen molar-refractivity contribution in [1.29, 1.82) is 0 Å². The molecule has 7 rings (SSSR count). The molecular weight excluding hydrogens is 445 g/mol. The fourth-order valence-electron chi connectivity index (χ4n) is 4.81. The van der Waals surface area contributed by atoms with Crippen molar-refractivity contribution in [2.45, 2.75) is 13.0 Å². The Morgan fingerprint density at radius 1 is 1.06 bits per heavy atom. The molecule has 0 aliphatic carbocycles. The number of anilines is 1. The largest absolute Gasteiger partial charge is 0.492 e. The molecule has 3 aromatic carbocycles. The minimum absolute atomic E-state index is 0.0572. The first kappa shape index (κ1) is 20.1. The van der Waals surface area contributed by atoms with Crippen LogP contribution in [-0.4, -0.2) is 22.8 Å². The van der Waals surface area contributed by atoms with Crippen LogP contribution < -0.4 is 14.8 Å². The standard InChI is InChI=1S/C28H20FN3O3/c1-16-5-10-25(35-16)28-31-21-9-7-18(29)13-24(21)32(28)23-4-2-3-20-22(15-34-27(20)23)30-19-8-6-17-11-12-33-26(17)14-19/h2-10,13-14,22,30H,12,15H2,1H3/t22-/m1/s1. The van der Waals surface area contributed by atoms with Crippen molar-refractivity contribution in [3.05, 3.63) is 95.9 Å². The highest BCUT2D eigenvalue weighted by Gasteiger charge is 2.29. The molecule has 2 radical (unpaired) electrons. The van der Waals surface area contributed by atoms with Crippen LogP contribution in [-0.2, 0) is 0 Å². The van der Waals surface area contributed by atoms with Gasteiger partial charge in [0.2, 0.25) is 0 Å². The van der Waals surface area contributed by atoms with Gasteiger partial charge in [-0.1, -0.05) is 18.2 Å². The van der Waals surface area contributed by atoms with Gasteiger partial charge in [-0.15, -0.1) is 0 Å². The Labute approximate surface area is 200 Å². The van der Waals surface area contributed by atoms with Crippen molar-refractivity contribution < 1.29 is 18.3 Å². The van der Waals surface area contributed by atoms with Crippen LogP contribution in [0.3, 0.4) is 0 Å². The maximum atomic E-state index is 14.3. The average molecular weight is 465 g/mol. The van der Waals surface area contributed by atoms with Gasteiger partial charge in [-0.2, -0.15) is 0 Å². The molecule has 0 spiro atoms. The molecule has 6 nitrogen and oxygen atoms in total. The number of hydrogen-bond donors (Lipinski definition) is 1. The summed E-state index contributed by atoms with van der Waals surface area (Å²) < 4.78 is 34.0. The highest BCUT2D eigenvalue weighted by atomic mass is 19.1. The zero-order valence-corrected chi connectivity index (χ0v) is 18.8. The lowest BCUT2D eigenvalue weighted by molar-refractivity contribution is 0.339. The van der Waals surface area contributed by atoms with E-state index >= 15 is 0 Å². The molecule has 35 heavy (non-hydrogen) atoms. The average Bonchev–Trinajstić information content (AvgIpc) is 3.64. The number of imidazole rings is 1. The third-order valence-corrected chi connectivity index (χ3v) is 6.43. The van der Waals surface area contributed by atoms with E-state index in [1.54, 1.807) is 6.07 Å². The molecule has 1 atom stereocenters. The predicted octanol–water partition coefficient (Wildman–Crippen LogP) is 6.10. The van der Waals surface area contributed by atoms with Gasteiger partial charge in [0.1, 0.15) is 36.3 Å². The van der Waals surface area contributed by atoms with E-state index in [1.165, 1.54) is 12.1 Å². The molecule has 5 aromatic rings. The maximum Gasteiger partial charge on any atom is 0.182 e. The fourth-order valence-corrected chi connectivity index (χ4v) is 4.81. The number of para-hydroxylation sites is 1. The topological polar surface area (TPSA) is 61.5 Å². The molecule has 2 aromatic heterocycles. The number of halogens is 1. The van der Waals surface area contributed by atoms with Crippen molar-refractivity contribution in [2.75, 3.05) is 18.5 Å². The van der Waals surface area contributed by atoms with E-state index in [0.717, 1.165) is 39.8 Å². The molecule has 7 heteroatoms. The molecule has 0 fully saturated rings. The van der Waals surface area contributed by atoms with Gasteiger partial charge in [0.25, 0.3) is 0 Å². The van der Waals surface area contributed by atoms with Crippen LogP contribution in [0.15, 0.2) is 71.1 Å². The number of aromatic nitrogens is 2. The Hall–Kier alpha value is -4.26. The number of nitrogens with zero attached hydrogens (tertiary/aromatic N) is 2. The second kappa shape index (κ2) is 7.63. The Balaban J connectivity index is 1.34. The molecule has 2 aliphatic heterocycles. The van der Waals surface area contributed by atoms with Crippen LogP contribution in [0.1, 0.15) is 22.9 Å². The zero-order chi connectivity index (χ0) is 23.5. The number of rotatable bonds is 4. The van der Waals surface area contributed by atoms with Crippen molar-refractivity contribution in [3.8, 4) is 28.8 Å². The molecule has 2 aliphatic rings. The van der Waals surface area contributed by atoms with Crippen LogP contribution in [0.4, 0.5) is 10.1 Å². The molecule has 0 bridgehead atoms. The summed E-state index contributed by atoms with van der Waals surface area (Å²) in [7, 11) is 0. The molecule has 172 valence electrons. The fraction of sp³-hybridized carbons (Fsp3) is 0.143. The minimum Gasteiger partial charge on any atom is -0.492 e.